The molecule has 2 heterocycles. The van der Waals surface area contributed by atoms with E-state index in [4.69, 9.17) is 5.73 Å². The van der Waals surface area contributed by atoms with Gasteiger partial charge in [0.2, 0.25) is 5.91 Å². The Bertz CT molecular complexity index is 530. The molecule has 1 aromatic carbocycles. The topological polar surface area (TPSA) is 66.6 Å². The zero-order valence-electron chi connectivity index (χ0n) is 12.1. The lowest BCUT2D eigenvalue weighted by molar-refractivity contribution is -0.143. The van der Waals surface area contributed by atoms with Gasteiger partial charge in [0, 0.05) is 16.6 Å². The summed E-state index contributed by atoms with van der Waals surface area (Å²) in [7, 11) is 0. The minimum absolute atomic E-state index is 0.0239. The summed E-state index contributed by atoms with van der Waals surface area (Å²) < 4.78 is 0.968. The molecule has 114 valence electrons. The molecule has 1 aromatic rings. The second kappa shape index (κ2) is 5.38. The van der Waals surface area contributed by atoms with Gasteiger partial charge in [-0.3, -0.25) is 4.79 Å². The molecule has 5 heteroatoms. The first-order valence-corrected chi connectivity index (χ1v) is 8.24. The van der Waals surface area contributed by atoms with Gasteiger partial charge in [-0.25, -0.2) is 0 Å². The molecule has 2 aliphatic heterocycles. The first-order chi connectivity index (χ1) is 9.89. The summed E-state index contributed by atoms with van der Waals surface area (Å²) in [5.74, 6) is -0.0239. The first kappa shape index (κ1) is 15.0. The van der Waals surface area contributed by atoms with Crippen LogP contribution >= 0.6 is 15.9 Å². The zero-order valence-corrected chi connectivity index (χ0v) is 13.7. The maximum Gasteiger partial charge on any atom is 0.247 e. The van der Waals surface area contributed by atoms with Crippen molar-refractivity contribution in [1.29, 1.82) is 0 Å². The molecule has 2 bridgehead atoms. The van der Waals surface area contributed by atoms with Crippen molar-refractivity contribution in [2.45, 2.75) is 56.3 Å². The Hall–Kier alpha value is -0.910. The van der Waals surface area contributed by atoms with Crippen LogP contribution in [0.5, 0.6) is 0 Å². The third kappa shape index (κ3) is 2.62. The van der Waals surface area contributed by atoms with Crippen LogP contribution in [-0.4, -0.2) is 34.1 Å². The van der Waals surface area contributed by atoms with Crippen LogP contribution in [0.1, 0.15) is 38.2 Å². The van der Waals surface area contributed by atoms with Crippen molar-refractivity contribution in [2.75, 3.05) is 0 Å². The fraction of sp³-hybridized carbons (Fsp3) is 0.562. The van der Waals surface area contributed by atoms with Crippen molar-refractivity contribution in [3.05, 3.63) is 34.3 Å². The molecule has 21 heavy (non-hydrogen) atoms. The van der Waals surface area contributed by atoms with Crippen molar-refractivity contribution in [3.63, 3.8) is 0 Å². The number of carbonyl (C=O) groups excluding carboxylic acids is 1. The molecule has 2 fully saturated rings. The van der Waals surface area contributed by atoms with Crippen LogP contribution in [0.25, 0.3) is 0 Å². The van der Waals surface area contributed by atoms with Gasteiger partial charge in [0.15, 0.2) is 0 Å². The van der Waals surface area contributed by atoms with Crippen LogP contribution in [-0.2, 0) is 10.3 Å². The molecule has 3 N–H and O–H groups in total. The predicted molar refractivity (Wildman–Crippen MR) is 84.6 cm³/mol. The Balaban J connectivity index is 1.86. The van der Waals surface area contributed by atoms with Crippen LogP contribution in [0.4, 0.5) is 0 Å². The highest BCUT2D eigenvalue weighted by Crippen LogP contribution is 2.38. The van der Waals surface area contributed by atoms with Gasteiger partial charge in [-0.1, -0.05) is 28.1 Å². The lowest BCUT2D eigenvalue weighted by Crippen LogP contribution is -2.57. The van der Waals surface area contributed by atoms with Crippen LogP contribution < -0.4 is 5.73 Å². The molecule has 2 saturated heterocycles. The van der Waals surface area contributed by atoms with E-state index in [0.29, 0.717) is 12.8 Å². The number of nitrogens with zero attached hydrogens (tertiary/aromatic N) is 1. The summed E-state index contributed by atoms with van der Waals surface area (Å²) in [6, 6.07) is 7.88. The zero-order chi connectivity index (χ0) is 15.2. The number of carbonyl (C=O) groups is 1. The Morgan fingerprint density at radius 3 is 2.33 bits per heavy atom. The van der Waals surface area contributed by atoms with E-state index in [-0.39, 0.29) is 24.1 Å². The van der Waals surface area contributed by atoms with Crippen molar-refractivity contribution >= 4 is 21.8 Å². The fourth-order valence-electron chi connectivity index (χ4n) is 3.67. The van der Waals surface area contributed by atoms with Gasteiger partial charge >= 0.3 is 0 Å². The van der Waals surface area contributed by atoms with E-state index >= 15 is 0 Å². The van der Waals surface area contributed by atoms with E-state index in [1.807, 2.05) is 29.2 Å². The van der Waals surface area contributed by atoms with E-state index in [9.17, 15) is 9.90 Å². The second-order valence-corrected chi connectivity index (χ2v) is 7.35. The van der Waals surface area contributed by atoms with Crippen LogP contribution in [0.3, 0.4) is 0 Å². The number of hydrogen-bond donors (Lipinski definition) is 2. The Morgan fingerprint density at radius 1 is 1.29 bits per heavy atom. The monoisotopic (exact) mass is 352 g/mol. The molecular formula is C16H21BrN2O2. The molecule has 3 rings (SSSR count). The fourth-order valence-corrected chi connectivity index (χ4v) is 3.93. The molecule has 3 atom stereocenters. The van der Waals surface area contributed by atoms with Crippen molar-refractivity contribution in [2.24, 2.45) is 5.73 Å². The maximum atomic E-state index is 13.0. The highest BCUT2D eigenvalue weighted by atomic mass is 79.9. The van der Waals surface area contributed by atoms with E-state index in [2.05, 4.69) is 15.9 Å². The molecule has 4 nitrogen and oxygen atoms in total. The quantitative estimate of drug-likeness (QED) is 0.856. The van der Waals surface area contributed by atoms with Gasteiger partial charge < -0.3 is 15.7 Å². The van der Waals surface area contributed by atoms with Gasteiger partial charge in [-0.2, -0.15) is 0 Å². The molecular weight excluding hydrogens is 332 g/mol. The molecule has 1 amide bonds. The van der Waals surface area contributed by atoms with Crippen LogP contribution in [0.2, 0.25) is 0 Å². The van der Waals surface area contributed by atoms with Crippen LogP contribution in [0, 0.1) is 0 Å². The molecule has 0 aliphatic carbocycles. The largest absolute Gasteiger partial charge is 0.393 e. The second-order valence-electron chi connectivity index (χ2n) is 6.43. The van der Waals surface area contributed by atoms with Gasteiger partial charge in [0.05, 0.1) is 6.10 Å². The predicted octanol–water partition coefficient (Wildman–Crippen LogP) is 2.14. The molecule has 3 unspecified atom stereocenters. The van der Waals surface area contributed by atoms with Gasteiger partial charge in [-0.15, -0.1) is 0 Å². The number of halogens is 1. The number of amides is 1. The highest BCUT2D eigenvalue weighted by molar-refractivity contribution is 9.10. The van der Waals surface area contributed by atoms with Gasteiger partial charge in [0.25, 0.3) is 0 Å². The Labute approximate surface area is 133 Å². The number of piperidine rings is 1. The number of aliphatic hydroxyl groups is 1. The third-order valence-corrected chi connectivity index (χ3v) is 5.36. The standard InChI is InChI=1S/C16H21BrN2O2/c1-16(18,10-2-4-11(17)5-3-10)15(21)19-12-6-7-13(19)9-14(20)8-12/h2-5,12-14,20H,6-9,18H2,1H3. The number of benzene rings is 1. The number of aliphatic hydroxyl groups excluding tert-OH is 1. The number of nitrogens with two attached hydrogens (primary N) is 1. The molecule has 0 saturated carbocycles. The summed E-state index contributed by atoms with van der Waals surface area (Å²) in [6.45, 7) is 1.78. The minimum Gasteiger partial charge on any atom is -0.393 e. The summed E-state index contributed by atoms with van der Waals surface area (Å²) >= 11 is 3.40. The van der Waals surface area contributed by atoms with E-state index in [0.717, 1.165) is 22.9 Å². The highest BCUT2D eigenvalue weighted by Gasteiger charge is 2.47. The molecule has 2 aliphatic rings. The third-order valence-electron chi connectivity index (χ3n) is 4.83. The smallest absolute Gasteiger partial charge is 0.247 e. The van der Waals surface area contributed by atoms with E-state index < -0.39 is 5.54 Å². The summed E-state index contributed by atoms with van der Waals surface area (Å²) in [5, 5.41) is 9.87. The van der Waals surface area contributed by atoms with Gasteiger partial charge in [0.1, 0.15) is 5.54 Å². The van der Waals surface area contributed by atoms with Crippen molar-refractivity contribution < 1.29 is 9.90 Å². The summed E-state index contributed by atoms with van der Waals surface area (Å²) in [5.41, 5.74) is 6.18. The normalized spacial score (nSPS) is 31.0. The Kier molecular flexibility index (Phi) is 3.84. The minimum atomic E-state index is -1.02. The van der Waals surface area contributed by atoms with Crippen LogP contribution in [0.15, 0.2) is 28.7 Å². The maximum absolute atomic E-state index is 13.0. The first-order valence-electron chi connectivity index (χ1n) is 7.45. The number of fused-ring (bicyclic) bond motifs is 2. The summed E-state index contributed by atoms with van der Waals surface area (Å²) in [4.78, 5) is 14.9. The lowest BCUT2D eigenvalue weighted by atomic mass is 9.89. The molecule has 0 radical (unpaired) electrons. The molecule has 0 spiro atoms. The lowest BCUT2D eigenvalue weighted by Gasteiger charge is -2.41. The van der Waals surface area contributed by atoms with E-state index in [1.54, 1.807) is 6.92 Å². The van der Waals surface area contributed by atoms with Gasteiger partial charge in [-0.05, 0) is 50.3 Å². The summed E-state index contributed by atoms with van der Waals surface area (Å²) in [6.07, 6.45) is 3.04. The average molecular weight is 353 g/mol. The van der Waals surface area contributed by atoms with Crippen molar-refractivity contribution in [1.82, 2.24) is 4.90 Å². The molecule has 0 aromatic heterocycles. The van der Waals surface area contributed by atoms with E-state index in [1.165, 1.54) is 0 Å². The Morgan fingerprint density at radius 2 is 1.81 bits per heavy atom. The number of hydrogen-bond acceptors (Lipinski definition) is 3. The number of rotatable bonds is 2. The SMILES string of the molecule is CC(N)(C(=O)N1C2CCC1CC(O)C2)c1ccc(Br)cc1. The average Bonchev–Trinajstić information content (AvgIpc) is 2.70. The van der Waals surface area contributed by atoms with Crippen molar-refractivity contribution in [3.8, 4) is 0 Å².